The van der Waals surface area contributed by atoms with Crippen LogP contribution in [0, 0.1) is 0 Å². The molecule has 0 bridgehead atoms. The quantitative estimate of drug-likeness (QED) is 0.189. The first kappa shape index (κ1) is 31.7. The summed E-state index contributed by atoms with van der Waals surface area (Å²) >= 11 is 3.72. The normalized spacial score (nSPS) is 13.7. The van der Waals surface area contributed by atoms with Crippen molar-refractivity contribution in [3.05, 3.63) is 112 Å². The third kappa shape index (κ3) is 7.74. The molecule has 3 aromatic rings. The van der Waals surface area contributed by atoms with Gasteiger partial charge in [0, 0.05) is 47.2 Å². The van der Waals surface area contributed by atoms with E-state index in [2.05, 4.69) is 74.7 Å². The minimum Gasteiger partial charge on any atom is -0.380 e. The maximum atomic E-state index is 12.4. The molecule has 3 rings (SSSR count). The van der Waals surface area contributed by atoms with Gasteiger partial charge >= 0.3 is 0 Å². The lowest BCUT2D eigenvalue weighted by Gasteiger charge is -2.33. The summed E-state index contributed by atoms with van der Waals surface area (Å²) in [5.74, 6) is 5.22. The summed E-state index contributed by atoms with van der Waals surface area (Å²) in [5.41, 5.74) is 3.70. The van der Waals surface area contributed by atoms with E-state index in [9.17, 15) is 5.11 Å². The SMILES string of the molecule is C/C=C\C(=C/C)C(O)(CCN(C)C)c1cc(Br)cc2cc(Cc3ccpcc3)c(N(C)/C=C\C)nc12.C=C. The van der Waals surface area contributed by atoms with Crippen LogP contribution in [-0.4, -0.2) is 42.7 Å². The molecule has 1 atom stereocenters. The Labute approximate surface area is 239 Å². The van der Waals surface area contributed by atoms with Gasteiger partial charge in [0.05, 0.1) is 5.52 Å². The number of fused-ring (bicyclic) bond motifs is 1. The first-order valence-electron chi connectivity index (χ1n) is 12.8. The Morgan fingerprint density at radius 1 is 1.08 bits per heavy atom. The number of aromatic nitrogens is 1. The van der Waals surface area contributed by atoms with Gasteiger partial charge in [-0.2, -0.15) is 0 Å². The smallest absolute Gasteiger partial charge is 0.136 e. The van der Waals surface area contributed by atoms with Gasteiger partial charge in [-0.05, 0) is 82.2 Å². The van der Waals surface area contributed by atoms with E-state index >= 15 is 0 Å². The molecule has 0 aliphatic carbocycles. The topological polar surface area (TPSA) is 39.6 Å². The molecule has 202 valence electrons. The van der Waals surface area contributed by atoms with Crippen molar-refractivity contribution in [2.24, 2.45) is 0 Å². The second kappa shape index (κ2) is 15.1. The van der Waals surface area contributed by atoms with Gasteiger partial charge in [-0.3, -0.25) is 0 Å². The first-order valence-corrected chi connectivity index (χ1v) is 14.6. The Hall–Kier alpha value is -2.56. The Morgan fingerprint density at radius 2 is 1.76 bits per heavy atom. The molecule has 1 unspecified atom stereocenters. The van der Waals surface area contributed by atoms with Crippen molar-refractivity contribution in [2.45, 2.75) is 39.2 Å². The highest BCUT2D eigenvalue weighted by Crippen LogP contribution is 2.40. The monoisotopic (exact) mass is 593 g/mol. The fourth-order valence-corrected chi connectivity index (χ4v) is 5.65. The predicted molar refractivity (Wildman–Crippen MR) is 171 cm³/mol. The highest BCUT2D eigenvalue weighted by atomic mass is 79.9. The molecule has 0 saturated carbocycles. The zero-order valence-corrected chi connectivity index (χ0v) is 26.1. The fourth-order valence-electron chi connectivity index (χ4n) is 4.52. The van der Waals surface area contributed by atoms with Crippen LogP contribution in [0.15, 0.2) is 95.6 Å². The van der Waals surface area contributed by atoms with Gasteiger partial charge in [0.2, 0.25) is 0 Å². The number of nitrogens with zero attached hydrogens (tertiary/aromatic N) is 3. The third-order valence-electron chi connectivity index (χ3n) is 6.29. The van der Waals surface area contributed by atoms with Crippen LogP contribution in [0.5, 0.6) is 0 Å². The molecular formula is C32H41BrN3OP. The molecule has 0 spiro atoms. The molecule has 2 aromatic heterocycles. The average molecular weight is 595 g/mol. The van der Waals surface area contributed by atoms with Gasteiger partial charge in [0.15, 0.2) is 0 Å². The number of halogens is 1. The molecular weight excluding hydrogens is 553 g/mol. The highest BCUT2D eigenvalue weighted by Gasteiger charge is 2.35. The summed E-state index contributed by atoms with van der Waals surface area (Å²) in [5, 5.41) is 13.4. The van der Waals surface area contributed by atoms with Gasteiger partial charge in [-0.15, -0.1) is 13.2 Å². The van der Waals surface area contributed by atoms with Crippen LogP contribution in [0.4, 0.5) is 5.82 Å². The number of rotatable bonds is 10. The second-order valence-electron chi connectivity index (χ2n) is 9.28. The predicted octanol–water partition coefficient (Wildman–Crippen LogP) is 8.60. The van der Waals surface area contributed by atoms with Gasteiger partial charge < -0.3 is 14.9 Å². The minimum absolute atomic E-state index is 0.547. The molecule has 4 nitrogen and oxygen atoms in total. The highest BCUT2D eigenvalue weighted by molar-refractivity contribution is 9.10. The summed E-state index contributed by atoms with van der Waals surface area (Å²) in [6, 6.07) is 10.7. The number of allylic oxidation sites excluding steroid dienone is 3. The van der Waals surface area contributed by atoms with Gasteiger partial charge in [0.25, 0.3) is 0 Å². The summed E-state index contributed by atoms with van der Waals surface area (Å²) in [7, 11) is 7.31. The lowest BCUT2D eigenvalue weighted by molar-refractivity contribution is 0.0632. The Balaban J connectivity index is 0.00000247. The number of aliphatic hydroxyl groups is 1. The maximum Gasteiger partial charge on any atom is 0.136 e. The molecule has 0 amide bonds. The molecule has 0 aliphatic heterocycles. The van der Waals surface area contributed by atoms with Crippen molar-refractivity contribution >= 4 is 40.8 Å². The number of hydrogen-bond acceptors (Lipinski definition) is 4. The lowest BCUT2D eigenvalue weighted by Crippen LogP contribution is -2.33. The van der Waals surface area contributed by atoms with E-state index in [0.717, 1.165) is 50.9 Å². The lowest BCUT2D eigenvalue weighted by atomic mass is 9.81. The number of benzene rings is 1. The zero-order chi connectivity index (χ0) is 28.3. The molecule has 6 heteroatoms. The van der Waals surface area contributed by atoms with Crippen molar-refractivity contribution in [1.82, 2.24) is 9.88 Å². The molecule has 0 saturated heterocycles. The van der Waals surface area contributed by atoms with E-state index in [1.807, 2.05) is 78.5 Å². The van der Waals surface area contributed by atoms with Crippen LogP contribution in [0.2, 0.25) is 0 Å². The van der Waals surface area contributed by atoms with E-state index in [4.69, 9.17) is 4.98 Å². The van der Waals surface area contributed by atoms with Crippen LogP contribution >= 0.6 is 24.1 Å². The number of hydrogen-bond donors (Lipinski definition) is 1. The molecule has 1 aromatic carbocycles. The van der Waals surface area contributed by atoms with E-state index in [-0.39, 0.29) is 0 Å². The molecule has 2 heterocycles. The van der Waals surface area contributed by atoms with Gasteiger partial charge in [-0.25, -0.2) is 4.98 Å². The van der Waals surface area contributed by atoms with Gasteiger partial charge in [-0.1, -0.05) is 60.6 Å². The Morgan fingerprint density at radius 3 is 2.34 bits per heavy atom. The average Bonchev–Trinajstić information content (AvgIpc) is 2.91. The zero-order valence-electron chi connectivity index (χ0n) is 23.6. The van der Waals surface area contributed by atoms with Gasteiger partial charge in [0.1, 0.15) is 11.4 Å². The van der Waals surface area contributed by atoms with Crippen molar-refractivity contribution in [3.8, 4) is 0 Å². The van der Waals surface area contributed by atoms with Crippen molar-refractivity contribution < 1.29 is 5.11 Å². The molecule has 0 aliphatic rings. The maximum absolute atomic E-state index is 12.4. The van der Waals surface area contributed by atoms with Crippen LogP contribution in [0.1, 0.15) is 43.9 Å². The Bertz CT molecular complexity index is 1290. The standard InChI is InChI=1S/C30H37BrN3OP.C2H4/c1-7-10-25(9-3)30(35,13-15-33(4)5)27-21-26(31)20-23-19-24(18-22-11-16-36-17-12-22)29(32-28(23)27)34(6)14-8-2;1-2/h7-12,14,16-17,19-21,35H,13,15,18H2,1-6H3;1-2H2/b10-7-,14-8-,25-9+;. The third-order valence-corrected chi connectivity index (χ3v) is 7.39. The number of anilines is 1. The molecule has 1 N–H and O–H groups in total. The second-order valence-corrected chi connectivity index (χ2v) is 11.1. The summed E-state index contributed by atoms with van der Waals surface area (Å²) in [4.78, 5) is 9.41. The van der Waals surface area contributed by atoms with E-state index in [0.29, 0.717) is 6.42 Å². The van der Waals surface area contributed by atoms with E-state index in [1.54, 1.807) is 0 Å². The Kier molecular flexibility index (Phi) is 12.6. The van der Waals surface area contributed by atoms with E-state index in [1.165, 1.54) is 13.8 Å². The van der Waals surface area contributed by atoms with E-state index < -0.39 is 5.60 Å². The van der Waals surface area contributed by atoms with Crippen LogP contribution < -0.4 is 4.90 Å². The van der Waals surface area contributed by atoms with Crippen molar-refractivity contribution in [3.63, 3.8) is 0 Å². The van der Waals surface area contributed by atoms with Crippen molar-refractivity contribution in [2.75, 3.05) is 32.6 Å². The molecule has 38 heavy (non-hydrogen) atoms. The fraction of sp³-hybridized carbons (Fsp3) is 0.312. The van der Waals surface area contributed by atoms with Crippen LogP contribution in [-0.2, 0) is 12.0 Å². The molecule has 0 radical (unpaired) electrons. The minimum atomic E-state index is -1.19. The molecule has 0 fully saturated rings. The van der Waals surface area contributed by atoms with Crippen molar-refractivity contribution in [1.29, 1.82) is 0 Å². The summed E-state index contributed by atoms with van der Waals surface area (Å²) < 4.78 is 0.926. The van der Waals surface area contributed by atoms with Crippen LogP contribution in [0.25, 0.3) is 10.9 Å². The summed E-state index contributed by atoms with van der Waals surface area (Å²) in [6.45, 7) is 12.7. The first-order chi connectivity index (χ1) is 18.2. The number of pyridine rings is 1. The largest absolute Gasteiger partial charge is 0.380 e. The van der Waals surface area contributed by atoms with Crippen LogP contribution in [0.3, 0.4) is 0 Å². The summed E-state index contributed by atoms with van der Waals surface area (Å²) in [6.07, 6.45) is 11.4.